The number of fused-ring (bicyclic) bond motifs is 3. The molecule has 8 nitrogen and oxygen atoms in total. The number of alkyl carbamates (subject to hydrolysis) is 1. The van der Waals surface area contributed by atoms with E-state index in [0.29, 0.717) is 11.3 Å². The zero-order valence-corrected chi connectivity index (χ0v) is 29.8. The molecule has 2 amide bonds. The van der Waals surface area contributed by atoms with E-state index in [1.807, 2.05) is 127 Å². The first-order valence-electron chi connectivity index (χ1n) is 17.8. The number of carbonyl (C=O) groups is 3. The number of benzene rings is 6. The average molecular weight is 717 g/mol. The molecule has 2 N–H and O–H groups in total. The number of amides is 2. The molecule has 0 aliphatic heterocycles. The molecule has 0 aromatic heterocycles. The van der Waals surface area contributed by atoms with Gasteiger partial charge in [-0.15, -0.1) is 0 Å². The van der Waals surface area contributed by atoms with E-state index in [4.69, 9.17) is 14.2 Å². The first-order valence-corrected chi connectivity index (χ1v) is 17.8. The summed E-state index contributed by atoms with van der Waals surface area (Å²) in [4.78, 5) is 41.6. The van der Waals surface area contributed by atoms with Crippen LogP contribution in [0.5, 0.6) is 5.75 Å². The number of hydrogen-bond acceptors (Lipinski definition) is 6. The normalized spacial score (nSPS) is 12.5. The lowest BCUT2D eigenvalue weighted by Gasteiger charge is -2.37. The zero-order valence-electron chi connectivity index (χ0n) is 29.8. The topological polar surface area (TPSA) is 103 Å². The van der Waals surface area contributed by atoms with Crippen molar-refractivity contribution >= 4 is 18.0 Å². The molecule has 6 aromatic carbocycles. The first-order chi connectivity index (χ1) is 26.5. The third-order valence-electron chi connectivity index (χ3n) is 9.80. The Morgan fingerprint density at radius 2 is 1.09 bits per heavy atom. The SMILES string of the molecule is COc1ccc(COC(=O)[C@@H](CC(=O)NC(c2ccccc2)(c2ccccc2)c2ccccc2)NC(=O)OCC2c3ccccc3-c3ccccc32)cc1. The highest BCUT2D eigenvalue weighted by molar-refractivity contribution is 5.89. The van der Waals surface area contributed by atoms with Crippen molar-refractivity contribution in [2.24, 2.45) is 0 Å². The molecule has 0 saturated carbocycles. The molecule has 0 unspecified atom stereocenters. The van der Waals surface area contributed by atoms with Crippen molar-refractivity contribution in [1.82, 2.24) is 10.6 Å². The number of methoxy groups -OCH3 is 1. The quantitative estimate of drug-likeness (QED) is 0.0925. The van der Waals surface area contributed by atoms with Gasteiger partial charge in [0.25, 0.3) is 0 Å². The minimum Gasteiger partial charge on any atom is -0.497 e. The van der Waals surface area contributed by atoms with Crippen LogP contribution in [0.3, 0.4) is 0 Å². The predicted octanol–water partition coefficient (Wildman–Crippen LogP) is 8.14. The molecule has 54 heavy (non-hydrogen) atoms. The molecule has 0 radical (unpaired) electrons. The summed E-state index contributed by atoms with van der Waals surface area (Å²) in [5, 5.41) is 5.93. The van der Waals surface area contributed by atoms with Crippen molar-refractivity contribution in [1.29, 1.82) is 0 Å². The van der Waals surface area contributed by atoms with Gasteiger partial charge in [0.05, 0.1) is 13.5 Å². The second kappa shape index (κ2) is 16.3. The summed E-state index contributed by atoms with van der Waals surface area (Å²) >= 11 is 0. The molecule has 1 aliphatic rings. The van der Waals surface area contributed by atoms with Crippen LogP contribution in [0.2, 0.25) is 0 Å². The number of esters is 1. The fourth-order valence-electron chi connectivity index (χ4n) is 7.18. The Hall–Kier alpha value is -6.67. The van der Waals surface area contributed by atoms with Gasteiger partial charge in [0.2, 0.25) is 5.91 Å². The van der Waals surface area contributed by atoms with Crippen molar-refractivity contribution < 1.29 is 28.6 Å². The van der Waals surface area contributed by atoms with E-state index >= 15 is 0 Å². The van der Waals surface area contributed by atoms with Crippen LogP contribution in [0.25, 0.3) is 11.1 Å². The largest absolute Gasteiger partial charge is 0.497 e. The summed E-state index contributed by atoms with van der Waals surface area (Å²) < 4.78 is 16.7. The molecular formula is C46H40N2O6. The van der Waals surface area contributed by atoms with Gasteiger partial charge in [-0.1, -0.05) is 152 Å². The Kier molecular flexibility index (Phi) is 10.8. The standard InChI is InChI=1S/C46H40N2O6/c1-52-36-27-25-32(26-28-36)30-53-44(50)42(47-45(51)54-31-41-39-23-13-11-21-37(39)38-22-12-14-24-40(38)41)29-43(49)48-46(33-15-5-2-6-16-33,34-17-7-3-8-18-34)35-19-9-4-10-20-35/h2-28,41-42H,29-31H2,1H3,(H,47,51)(H,48,49)/t42-/m1/s1. The van der Waals surface area contributed by atoms with Crippen molar-refractivity contribution in [3.63, 3.8) is 0 Å². The van der Waals surface area contributed by atoms with Crippen LogP contribution in [0.1, 0.15) is 45.7 Å². The van der Waals surface area contributed by atoms with Gasteiger partial charge in [-0.2, -0.15) is 0 Å². The van der Waals surface area contributed by atoms with Crippen molar-refractivity contribution in [2.45, 2.75) is 30.5 Å². The molecule has 7 rings (SSSR count). The van der Waals surface area contributed by atoms with Crippen LogP contribution < -0.4 is 15.4 Å². The molecule has 1 atom stereocenters. The molecule has 270 valence electrons. The van der Waals surface area contributed by atoms with Crippen molar-refractivity contribution in [3.05, 3.63) is 197 Å². The Labute approximate surface area is 314 Å². The number of nitrogens with one attached hydrogen (secondary N) is 2. The van der Waals surface area contributed by atoms with E-state index < -0.39 is 36.0 Å². The molecule has 6 aromatic rings. The van der Waals surface area contributed by atoms with E-state index in [1.165, 1.54) is 0 Å². The monoisotopic (exact) mass is 716 g/mol. The lowest BCUT2D eigenvalue weighted by molar-refractivity contribution is -0.149. The van der Waals surface area contributed by atoms with Gasteiger partial charge < -0.3 is 24.8 Å². The maximum absolute atomic E-state index is 14.3. The molecule has 8 heteroatoms. The van der Waals surface area contributed by atoms with Crippen LogP contribution in [0, 0.1) is 0 Å². The maximum Gasteiger partial charge on any atom is 0.407 e. The number of hydrogen-bond donors (Lipinski definition) is 2. The summed E-state index contributed by atoms with van der Waals surface area (Å²) in [6.07, 6.45) is -1.25. The summed E-state index contributed by atoms with van der Waals surface area (Å²) in [6.45, 7) is -0.0336. The fraction of sp³-hybridized carbons (Fsp3) is 0.152. The molecule has 1 aliphatic carbocycles. The molecule has 0 heterocycles. The third-order valence-corrected chi connectivity index (χ3v) is 9.80. The Bertz CT molecular complexity index is 2070. The average Bonchev–Trinajstić information content (AvgIpc) is 3.55. The summed E-state index contributed by atoms with van der Waals surface area (Å²) in [5.74, 6) is -0.790. The van der Waals surface area contributed by atoms with Gasteiger partial charge in [-0.25, -0.2) is 9.59 Å². The van der Waals surface area contributed by atoms with Crippen LogP contribution in [-0.2, 0) is 31.2 Å². The molecule has 0 saturated heterocycles. The Balaban J connectivity index is 1.14. The van der Waals surface area contributed by atoms with E-state index in [0.717, 1.165) is 38.9 Å². The van der Waals surface area contributed by atoms with Gasteiger partial charge in [-0.05, 0) is 56.6 Å². The van der Waals surface area contributed by atoms with Crippen LogP contribution in [0.15, 0.2) is 164 Å². The molecule has 0 fully saturated rings. The number of ether oxygens (including phenoxy) is 3. The minimum absolute atomic E-state index is 0.0405. The van der Waals surface area contributed by atoms with Gasteiger partial charge in [0.1, 0.15) is 30.5 Å². The zero-order chi connectivity index (χ0) is 37.3. The van der Waals surface area contributed by atoms with Crippen LogP contribution >= 0.6 is 0 Å². The fourth-order valence-corrected chi connectivity index (χ4v) is 7.18. The van der Waals surface area contributed by atoms with E-state index in [-0.39, 0.29) is 19.1 Å². The van der Waals surface area contributed by atoms with E-state index in [9.17, 15) is 14.4 Å². The predicted molar refractivity (Wildman–Crippen MR) is 207 cm³/mol. The van der Waals surface area contributed by atoms with Crippen LogP contribution in [0.4, 0.5) is 4.79 Å². The highest BCUT2D eigenvalue weighted by Crippen LogP contribution is 2.44. The summed E-state index contributed by atoms with van der Waals surface area (Å²) in [5.41, 5.74) is 6.35. The molecular weight excluding hydrogens is 677 g/mol. The molecule has 0 spiro atoms. The lowest BCUT2D eigenvalue weighted by Crippen LogP contribution is -2.51. The highest BCUT2D eigenvalue weighted by Gasteiger charge is 2.39. The molecule has 0 bridgehead atoms. The van der Waals surface area contributed by atoms with Gasteiger partial charge in [0.15, 0.2) is 0 Å². The summed E-state index contributed by atoms with van der Waals surface area (Å²) in [6, 6.07) is 50.8. The minimum atomic E-state index is -1.36. The Morgan fingerprint density at radius 3 is 1.59 bits per heavy atom. The second-order valence-electron chi connectivity index (χ2n) is 13.1. The first kappa shape index (κ1) is 35.7. The summed E-state index contributed by atoms with van der Waals surface area (Å²) in [7, 11) is 1.57. The second-order valence-corrected chi connectivity index (χ2v) is 13.1. The van der Waals surface area contributed by atoms with Gasteiger partial charge >= 0.3 is 12.1 Å². The van der Waals surface area contributed by atoms with Crippen LogP contribution in [-0.4, -0.2) is 37.7 Å². The van der Waals surface area contributed by atoms with Gasteiger partial charge in [0, 0.05) is 5.92 Å². The van der Waals surface area contributed by atoms with Crippen molar-refractivity contribution in [2.75, 3.05) is 13.7 Å². The third kappa shape index (κ3) is 7.59. The van der Waals surface area contributed by atoms with E-state index in [2.05, 4.69) is 22.8 Å². The maximum atomic E-state index is 14.3. The Morgan fingerprint density at radius 1 is 0.611 bits per heavy atom. The van der Waals surface area contributed by atoms with Crippen molar-refractivity contribution in [3.8, 4) is 16.9 Å². The number of carbonyl (C=O) groups excluding carboxylic acids is 3. The number of rotatable bonds is 13. The van der Waals surface area contributed by atoms with E-state index in [1.54, 1.807) is 31.4 Å². The highest BCUT2D eigenvalue weighted by atomic mass is 16.6. The smallest absolute Gasteiger partial charge is 0.407 e. The lowest BCUT2D eigenvalue weighted by atomic mass is 9.77. The van der Waals surface area contributed by atoms with Gasteiger partial charge in [-0.3, -0.25) is 4.79 Å².